The third-order valence-electron chi connectivity index (χ3n) is 3.43. The van der Waals surface area contributed by atoms with Crippen LogP contribution in [0.3, 0.4) is 0 Å². The molecule has 0 aromatic heterocycles. The zero-order valence-electron chi connectivity index (χ0n) is 11.7. The van der Waals surface area contributed by atoms with Gasteiger partial charge in [0, 0.05) is 24.2 Å². The molecule has 0 heterocycles. The standard InChI is InChI=1S/C16H17Cl3N2/c1-21(10-11-2-5-13(17)6-3-11)16(9-20)12-4-7-14(18)15(19)8-12/h2-8,16H,9-10,20H2,1H3. The summed E-state index contributed by atoms with van der Waals surface area (Å²) in [7, 11) is 2.04. The molecule has 0 amide bonds. The minimum Gasteiger partial charge on any atom is -0.329 e. The maximum absolute atomic E-state index is 6.09. The molecule has 0 radical (unpaired) electrons. The van der Waals surface area contributed by atoms with E-state index in [0.29, 0.717) is 16.6 Å². The fraction of sp³-hybridized carbons (Fsp3) is 0.250. The highest BCUT2D eigenvalue weighted by Crippen LogP contribution is 2.28. The molecule has 0 spiro atoms. The molecule has 1 unspecified atom stereocenters. The lowest BCUT2D eigenvalue weighted by Crippen LogP contribution is -2.30. The number of nitrogens with zero attached hydrogens (tertiary/aromatic N) is 1. The number of benzene rings is 2. The van der Waals surface area contributed by atoms with Gasteiger partial charge in [0.15, 0.2) is 0 Å². The third kappa shape index (κ3) is 4.35. The zero-order chi connectivity index (χ0) is 15.4. The first-order valence-corrected chi connectivity index (χ1v) is 7.74. The topological polar surface area (TPSA) is 29.3 Å². The van der Waals surface area contributed by atoms with Crippen molar-refractivity contribution < 1.29 is 0 Å². The average molecular weight is 344 g/mol. The van der Waals surface area contributed by atoms with Gasteiger partial charge in [-0.15, -0.1) is 0 Å². The normalized spacial score (nSPS) is 12.7. The zero-order valence-corrected chi connectivity index (χ0v) is 14.0. The van der Waals surface area contributed by atoms with E-state index in [1.165, 1.54) is 5.56 Å². The molecule has 2 aromatic rings. The van der Waals surface area contributed by atoms with Gasteiger partial charge >= 0.3 is 0 Å². The minimum atomic E-state index is 0.0791. The fourth-order valence-electron chi connectivity index (χ4n) is 2.28. The van der Waals surface area contributed by atoms with E-state index >= 15 is 0 Å². The summed E-state index contributed by atoms with van der Waals surface area (Å²) in [5.74, 6) is 0. The Labute approximate surface area is 140 Å². The molecular weight excluding hydrogens is 327 g/mol. The average Bonchev–Trinajstić information content (AvgIpc) is 2.46. The Morgan fingerprint density at radius 2 is 1.67 bits per heavy atom. The highest BCUT2D eigenvalue weighted by atomic mass is 35.5. The van der Waals surface area contributed by atoms with E-state index in [1.54, 1.807) is 6.07 Å². The number of rotatable bonds is 5. The van der Waals surface area contributed by atoms with Crippen LogP contribution < -0.4 is 5.73 Å². The lowest BCUT2D eigenvalue weighted by atomic mass is 10.0. The van der Waals surface area contributed by atoms with Gasteiger partial charge in [-0.2, -0.15) is 0 Å². The van der Waals surface area contributed by atoms with Gasteiger partial charge in [0.05, 0.1) is 10.0 Å². The van der Waals surface area contributed by atoms with E-state index < -0.39 is 0 Å². The van der Waals surface area contributed by atoms with Crippen LogP contribution in [0, 0.1) is 0 Å². The summed E-state index contributed by atoms with van der Waals surface area (Å²) >= 11 is 18.0. The molecule has 5 heteroatoms. The Hall–Kier alpha value is -0.770. The summed E-state index contributed by atoms with van der Waals surface area (Å²) in [6.07, 6.45) is 0. The highest BCUT2D eigenvalue weighted by Gasteiger charge is 2.16. The van der Waals surface area contributed by atoms with Crippen LogP contribution in [0.15, 0.2) is 42.5 Å². The number of nitrogens with two attached hydrogens (primary N) is 1. The van der Waals surface area contributed by atoms with Crippen molar-refractivity contribution in [2.75, 3.05) is 13.6 Å². The molecular formula is C16H17Cl3N2. The number of likely N-dealkylation sites (N-methyl/N-ethyl adjacent to an activating group) is 1. The quantitative estimate of drug-likeness (QED) is 0.846. The van der Waals surface area contributed by atoms with Crippen LogP contribution in [0.5, 0.6) is 0 Å². The molecule has 2 aromatic carbocycles. The van der Waals surface area contributed by atoms with E-state index in [1.807, 2.05) is 43.4 Å². The van der Waals surface area contributed by atoms with Crippen molar-refractivity contribution in [3.63, 3.8) is 0 Å². The first-order valence-electron chi connectivity index (χ1n) is 6.61. The first-order chi connectivity index (χ1) is 10.0. The van der Waals surface area contributed by atoms with Crippen molar-refractivity contribution >= 4 is 34.8 Å². The maximum atomic E-state index is 6.09. The predicted molar refractivity (Wildman–Crippen MR) is 91.2 cm³/mol. The lowest BCUT2D eigenvalue weighted by molar-refractivity contribution is 0.242. The predicted octanol–water partition coefficient (Wildman–Crippen LogP) is 4.78. The Kier molecular flexibility index (Phi) is 5.91. The molecule has 0 aliphatic carbocycles. The number of hydrogen-bond donors (Lipinski definition) is 1. The van der Waals surface area contributed by atoms with E-state index in [-0.39, 0.29) is 6.04 Å². The minimum absolute atomic E-state index is 0.0791. The van der Waals surface area contributed by atoms with Gasteiger partial charge in [-0.05, 0) is 42.4 Å². The number of hydrogen-bond acceptors (Lipinski definition) is 2. The molecule has 1 atom stereocenters. The fourth-order valence-corrected chi connectivity index (χ4v) is 2.71. The first kappa shape index (κ1) is 16.6. The molecule has 112 valence electrons. The van der Waals surface area contributed by atoms with Gasteiger partial charge in [-0.3, -0.25) is 4.90 Å². The van der Waals surface area contributed by atoms with Gasteiger partial charge in [-0.1, -0.05) is 53.0 Å². The Morgan fingerprint density at radius 3 is 2.24 bits per heavy atom. The van der Waals surface area contributed by atoms with Gasteiger partial charge in [0.25, 0.3) is 0 Å². The van der Waals surface area contributed by atoms with Crippen LogP contribution in [-0.2, 0) is 6.54 Å². The van der Waals surface area contributed by atoms with Crippen molar-refractivity contribution in [1.29, 1.82) is 0 Å². The summed E-state index contributed by atoms with van der Waals surface area (Å²) in [4.78, 5) is 2.18. The van der Waals surface area contributed by atoms with Gasteiger partial charge in [0.1, 0.15) is 0 Å². The summed E-state index contributed by atoms with van der Waals surface area (Å²) in [6, 6.07) is 13.5. The summed E-state index contributed by atoms with van der Waals surface area (Å²) in [5, 5.41) is 1.84. The Balaban J connectivity index is 2.15. The van der Waals surface area contributed by atoms with Gasteiger partial charge in [0.2, 0.25) is 0 Å². The molecule has 0 saturated carbocycles. The smallest absolute Gasteiger partial charge is 0.0595 e. The van der Waals surface area contributed by atoms with Crippen molar-refractivity contribution in [1.82, 2.24) is 4.90 Å². The molecule has 0 aliphatic rings. The largest absolute Gasteiger partial charge is 0.329 e. The van der Waals surface area contributed by atoms with Gasteiger partial charge in [-0.25, -0.2) is 0 Å². The molecule has 0 fully saturated rings. The monoisotopic (exact) mass is 342 g/mol. The molecule has 2 nitrogen and oxygen atoms in total. The third-order valence-corrected chi connectivity index (χ3v) is 4.42. The molecule has 0 saturated heterocycles. The van der Waals surface area contributed by atoms with E-state index in [2.05, 4.69) is 4.90 Å². The van der Waals surface area contributed by atoms with Crippen molar-refractivity contribution in [3.8, 4) is 0 Å². The van der Waals surface area contributed by atoms with Crippen LogP contribution in [0.4, 0.5) is 0 Å². The maximum Gasteiger partial charge on any atom is 0.0595 e. The second-order valence-electron chi connectivity index (χ2n) is 4.97. The lowest BCUT2D eigenvalue weighted by Gasteiger charge is -2.27. The van der Waals surface area contributed by atoms with Crippen LogP contribution in [-0.4, -0.2) is 18.5 Å². The Bertz CT molecular complexity index is 599. The number of halogens is 3. The van der Waals surface area contributed by atoms with Crippen molar-refractivity contribution in [2.45, 2.75) is 12.6 Å². The molecule has 2 rings (SSSR count). The van der Waals surface area contributed by atoms with E-state index in [9.17, 15) is 0 Å². The van der Waals surface area contributed by atoms with Crippen LogP contribution >= 0.6 is 34.8 Å². The summed E-state index contributed by atoms with van der Waals surface area (Å²) < 4.78 is 0. The van der Waals surface area contributed by atoms with Gasteiger partial charge < -0.3 is 5.73 Å². The Morgan fingerprint density at radius 1 is 1.00 bits per heavy atom. The van der Waals surface area contributed by atoms with Crippen LogP contribution in [0.25, 0.3) is 0 Å². The van der Waals surface area contributed by atoms with Crippen molar-refractivity contribution in [3.05, 3.63) is 68.7 Å². The second kappa shape index (κ2) is 7.48. The van der Waals surface area contributed by atoms with Crippen molar-refractivity contribution in [2.24, 2.45) is 5.73 Å². The molecule has 21 heavy (non-hydrogen) atoms. The summed E-state index contributed by atoms with van der Waals surface area (Å²) in [6.45, 7) is 1.28. The molecule has 2 N–H and O–H groups in total. The second-order valence-corrected chi connectivity index (χ2v) is 6.22. The summed E-state index contributed by atoms with van der Waals surface area (Å²) in [5.41, 5.74) is 8.17. The molecule has 0 bridgehead atoms. The van der Waals surface area contributed by atoms with E-state index in [0.717, 1.165) is 17.1 Å². The van der Waals surface area contributed by atoms with Crippen LogP contribution in [0.2, 0.25) is 15.1 Å². The van der Waals surface area contributed by atoms with E-state index in [4.69, 9.17) is 40.5 Å². The van der Waals surface area contributed by atoms with Crippen LogP contribution in [0.1, 0.15) is 17.2 Å². The SMILES string of the molecule is CN(Cc1ccc(Cl)cc1)C(CN)c1ccc(Cl)c(Cl)c1. The molecule has 0 aliphatic heterocycles. The highest BCUT2D eigenvalue weighted by molar-refractivity contribution is 6.42.